The van der Waals surface area contributed by atoms with E-state index < -0.39 is 10.8 Å². The van der Waals surface area contributed by atoms with Crippen molar-refractivity contribution in [3.8, 4) is 0 Å². The largest absolute Gasteiger partial charge is 0.322 e. The lowest BCUT2D eigenvalue weighted by molar-refractivity contribution is -0.385. The molecule has 0 atom stereocenters. The van der Waals surface area contributed by atoms with Crippen LogP contribution in [0.5, 0.6) is 0 Å². The van der Waals surface area contributed by atoms with Gasteiger partial charge in [-0.15, -0.1) is 0 Å². The summed E-state index contributed by atoms with van der Waals surface area (Å²) in [6.07, 6.45) is 0. The molecule has 0 aliphatic carbocycles. The molecule has 9 nitrogen and oxygen atoms in total. The average Bonchev–Trinajstić information content (AvgIpc) is 3.08. The van der Waals surface area contributed by atoms with Crippen LogP contribution in [0.2, 0.25) is 0 Å². The van der Waals surface area contributed by atoms with Crippen molar-refractivity contribution in [2.75, 3.05) is 5.32 Å². The molecule has 9 heteroatoms. The van der Waals surface area contributed by atoms with Gasteiger partial charge in [-0.1, -0.05) is 30.3 Å². The molecule has 2 heterocycles. The highest BCUT2D eigenvalue weighted by molar-refractivity contribution is 6.05. The van der Waals surface area contributed by atoms with Crippen LogP contribution in [0.15, 0.2) is 36.4 Å². The van der Waals surface area contributed by atoms with Gasteiger partial charge in [-0.25, -0.2) is 0 Å². The highest BCUT2D eigenvalue weighted by Crippen LogP contribution is 2.23. The van der Waals surface area contributed by atoms with Crippen LogP contribution in [0.25, 0.3) is 0 Å². The lowest BCUT2D eigenvalue weighted by Gasteiger charge is -2.04. The summed E-state index contributed by atoms with van der Waals surface area (Å²) >= 11 is 0. The second-order valence-electron chi connectivity index (χ2n) is 5.93. The minimum Gasteiger partial charge on any atom is -0.303 e. The maximum atomic E-state index is 12.4. The van der Waals surface area contributed by atoms with Crippen molar-refractivity contribution in [1.82, 2.24) is 19.6 Å². The molecule has 0 saturated heterocycles. The number of carbonyl (C=O) groups excluding carboxylic acids is 1. The molecular weight excluding hydrogens is 336 g/mol. The number of benzene rings is 1. The summed E-state index contributed by atoms with van der Waals surface area (Å²) in [4.78, 5) is 23.1. The van der Waals surface area contributed by atoms with E-state index in [-0.39, 0.29) is 11.4 Å². The quantitative estimate of drug-likeness (QED) is 0.559. The Morgan fingerprint density at radius 1 is 1.23 bits per heavy atom. The predicted octanol–water partition coefficient (Wildman–Crippen LogP) is 2.44. The summed E-state index contributed by atoms with van der Waals surface area (Å²) in [5.74, 6) is -0.342. The normalized spacial score (nSPS) is 10.7. The molecule has 2 aromatic heterocycles. The molecule has 0 aliphatic heterocycles. The lowest BCUT2D eigenvalue weighted by atomic mass is 10.2. The number of nitrogens with zero attached hydrogens (tertiary/aromatic N) is 5. The molecule has 134 valence electrons. The molecule has 0 radical (unpaired) electrons. The summed E-state index contributed by atoms with van der Waals surface area (Å²) in [6.45, 7) is 3.98. The fourth-order valence-corrected chi connectivity index (χ4v) is 2.63. The smallest absolute Gasteiger partial charge is 0.303 e. The number of amides is 1. The van der Waals surface area contributed by atoms with Crippen LogP contribution in [0.3, 0.4) is 0 Å². The third kappa shape index (κ3) is 3.32. The molecule has 0 fully saturated rings. The SMILES string of the molecule is Cc1c([N+](=O)[O-])c(C(=O)Nc2cc(C)n(Cc3ccccc3)n2)nn1C. The van der Waals surface area contributed by atoms with Gasteiger partial charge in [-0.05, 0) is 19.4 Å². The average molecular weight is 354 g/mol. The Hall–Kier alpha value is -3.49. The minimum absolute atomic E-state index is 0.231. The third-order valence-corrected chi connectivity index (χ3v) is 4.10. The highest BCUT2D eigenvalue weighted by atomic mass is 16.6. The van der Waals surface area contributed by atoms with Crippen molar-refractivity contribution >= 4 is 17.4 Å². The van der Waals surface area contributed by atoms with Crippen LogP contribution in [0.1, 0.15) is 27.4 Å². The fraction of sp³-hybridized carbons (Fsp3) is 0.235. The molecule has 0 saturated carbocycles. The number of nitro groups is 1. The Bertz CT molecular complexity index is 974. The topological polar surface area (TPSA) is 108 Å². The molecule has 0 bridgehead atoms. The third-order valence-electron chi connectivity index (χ3n) is 4.10. The summed E-state index contributed by atoms with van der Waals surface area (Å²) in [5.41, 5.74) is 1.71. The van der Waals surface area contributed by atoms with E-state index in [0.717, 1.165) is 11.3 Å². The van der Waals surface area contributed by atoms with E-state index in [1.807, 2.05) is 37.3 Å². The lowest BCUT2D eigenvalue weighted by Crippen LogP contribution is -2.15. The van der Waals surface area contributed by atoms with Crippen molar-refractivity contribution < 1.29 is 9.72 Å². The van der Waals surface area contributed by atoms with E-state index in [4.69, 9.17) is 0 Å². The summed E-state index contributed by atoms with van der Waals surface area (Å²) in [5, 5.41) is 22.1. The monoisotopic (exact) mass is 354 g/mol. The number of rotatable bonds is 5. The van der Waals surface area contributed by atoms with Gasteiger partial charge in [0.1, 0.15) is 5.69 Å². The van der Waals surface area contributed by atoms with Gasteiger partial charge in [0.25, 0.3) is 5.91 Å². The molecule has 0 aliphatic rings. The van der Waals surface area contributed by atoms with Gasteiger partial charge in [0.05, 0.1) is 11.5 Å². The predicted molar refractivity (Wildman–Crippen MR) is 95.1 cm³/mol. The highest BCUT2D eigenvalue weighted by Gasteiger charge is 2.29. The van der Waals surface area contributed by atoms with Gasteiger partial charge in [0, 0.05) is 18.8 Å². The van der Waals surface area contributed by atoms with E-state index in [2.05, 4.69) is 15.5 Å². The number of carbonyl (C=O) groups is 1. The number of anilines is 1. The summed E-state index contributed by atoms with van der Waals surface area (Å²) < 4.78 is 3.06. The maximum Gasteiger partial charge on any atom is 0.322 e. The van der Waals surface area contributed by atoms with Crippen molar-refractivity contribution in [3.05, 3.63) is 69.2 Å². The second kappa shape index (κ2) is 6.79. The molecule has 26 heavy (non-hydrogen) atoms. The van der Waals surface area contributed by atoms with Gasteiger partial charge < -0.3 is 5.32 Å². The zero-order valence-corrected chi connectivity index (χ0v) is 14.6. The van der Waals surface area contributed by atoms with Gasteiger partial charge in [0.15, 0.2) is 5.82 Å². The number of hydrogen-bond donors (Lipinski definition) is 1. The number of hydrogen-bond acceptors (Lipinski definition) is 5. The van der Waals surface area contributed by atoms with Crippen molar-refractivity contribution in [3.63, 3.8) is 0 Å². The molecular formula is C17H18N6O3. The van der Waals surface area contributed by atoms with Gasteiger partial charge in [-0.3, -0.25) is 24.3 Å². The van der Waals surface area contributed by atoms with Crippen LogP contribution in [0.4, 0.5) is 11.5 Å². The molecule has 1 N–H and O–H groups in total. The Kier molecular flexibility index (Phi) is 4.53. The van der Waals surface area contributed by atoms with Crippen molar-refractivity contribution in [2.24, 2.45) is 7.05 Å². The first-order chi connectivity index (χ1) is 12.4. The fourth-order valence-electron chi connectivity index (χ4n) is 2.63. The van der Waals surface area contributed by atoms with Crippen LogP contribution in [-0.2, 0) is 13.6 Å². The molecule has 1 aromatic carbocycles. The summed E-state index contributed by atoms with van der Waals surface area (Å²) in [6, 6.07) is 11.5. The van der Waals surface area contributed by atoms with Crippen LogP contribution < -0.4 is 5.32 Å². The molecule has 1 amide bonds. The van der Waals surface area contributed by atoms with E-state index in [1.54, 1.807) is 24.7 Å². The minimum atomic E-state index is -0.662. The molecule has 3 rings (SSSR count). The Labute approximate surface area is 149 Å². The number of nitrogens with one attached hydrogen (secondary N) is 1. The zero-order valence-electron chi connectivity index (χ0n) is 14.6. The molecule has 3 aromatic rings. The van der Waals surface area contributed by atoms with Gasteiger partial charge in [0.2, 0.25) is 5.69 Å². The van der Waals surface area contributed by atoms with Crippen LogP contribution in [-0.4, -0.2) is 30.4 Å². The van der Waals surface area contributed by atoms with Gasteiger partial charge >= 0.3 is 5.69 Å². The first kappa shape index (κ1) is 17.3. The second-order valence-corrected chi connectivity index (χ2v) is 5.93. The Morgan fingerprint density at radius 3 is 2.58 bits per heavy atom. The van der Waals surface area contributed by atoms with E-state index in [1.165, 1.54) is 4.68 Å². The number of aryl methyl sites for hydroxylation is 2. The number of aromatic nitrogens is 4. The van der Waals surface area contributed by atoms with E-state index in [9.17, 15) is 14.9 Å². The first-order valence-corrected chi connectivity index (χ1v) is 7.94. The van der Waals surface area contributed by atoms with E-state index in [0.29, 0.717) is 18.1 Å². The van der Waals surface area contributed by atoms with Crippen LogP contribution >= 0.6 is 0 Å². The Morgan fingerprint density at radius 2 is 1.92 bits per heavy atom. The standard InChI is InChI=1S/C17H18N6O3/c1-11-9-14(19-22(11)10-13-7-5-4-6-8-13)18-17(24)15-16(23(25)26)12(2)21(3)20-15/h4-9H,10H2,1-3H3,(H,18,19,24). The van der Waals surface area contributed by atoms with Gasteiger partial charge in [-0.2, -0.15) is 10.2 Å². The van der Waals surface area contributed by atoms with E-state index >= 15 is 0 Å². The molecule has 0 unspecified atom stereocenters. The Balaban J connectivity index is 1.82. The maximum absolute atomic E-state index is 12.4. The van der Waals surface area contributed by atoms with Crippen molar-refractivity contribution in [2.45, 2.75) is 20.4 Å². The van der Waals surface area contributed by atoms with Crippen LogP contribution in [0, 0.1) is 24.0 Å². The summed E-state index contributed by atoms with van der Waals surface area (Å²) in [7, 11) is 1.55. The molecule has 0 spiro atoms. The van der Waals surface area contributed by atoms with Crippen molar-refractivity contribution in [1.29, 1.82) is 0 Å². The zero-order chi connectivity index (χ0) is 18.8. The first-order valence-electron chi connectivity index (χ1n) is 7.94.